The minimum absolute atomic E-state index is 0.0259. The van der Waals surface area contributed by atoms with Crippen molar-refractivity contribution < 1.29 is 31.5 Å². The van der Waals surface area contributed by atoms with Gasteiger partial charge in [-0.1, -0.05) is 6.07 Å². The number of anilines is 1. The maximum Gasteiger partial charge on any atom is 0.416 e. The number of ether oxygens (including phenoxy) is 1. The number of aryl methyl sites for hydroxylation is 1. The molecule has 3 aromatic carbocycles. The Morgan fingerprint density at radius 2 is 1.65 bits per heavy atom. The third-order valence-electron chi connectivity index (χ3n) is 7.14. The SMILES string of the molecule is Cn1c(=O)n(CC(=O)N(Cc2nnc[nH]2)c2ccc(F)cc2)c2cc(C(F)(F)F)cc(-c3ccc(OCc4nnc[nH]4)c(F)c3)c21. The van der Waals surface area contributed by atoms with Gasteiger partial charge in [0.25, 0.3) is 0 Å². The topological polar surface area (TPSA) is 140 Å². The molecular weight excluding hydrogens is 617 g/mol. The third-order valence-corrected chi connectivity index (χ3v) is 7.14. The summed E-state index contributed by atoms with van der Waals surface area (Å²) in [4.78, 5) is 33.8. The number of aromatic amines is 2. The van der Waals surface area contributed by atoms with Crippen LogP contribution in [0.4, 0.5) is 27.6 Å². The summed E-state index contributed by atoms with van der Waals surface area (Å²) in [5, 5.41) is 14.9. The quantitative estimate of drug-likeness (QED) is 0.224. The second-order valence-corrected chi connectivity index (χ2v) is 10.1. The van der Waals surface area contributed by atoms with E-state index in [4.69, 9.17) is 4.74 Å². The molecule has 0 fully saturated rings. The highest BCUT2D eigenvalue weighted by molar-refractivity contribution is 5.97. The third kappa shape index (κ3) is 5.93. The predicted octanol–water partition coefficient (Wildman–Crippen LogP) is 4.35. The fraction of sp³-hybridized carbons (Fsp3) is 0.172. The number of aromatic nitrogens is 8. The Kier molecular flexibility index (Phi) is 7.81. The van der Waals surface area contributed by atoms with E-state index < -0.39 is 41.5 Å². The molecule has 236 valence electrons. The molecule has 3 aromatic heterocycles. The molecule has 0 aliphatic heterocycles. The number of rotatable bonds is 9. The van der Waals surface area contributed by atoms with E-state index in [1.807, 2.05) is 0 Å². The summed E-state index contributed by atoms with van der Waals surface area (Å²) < 4.78 is 78.7. The van der Waals surface area contributed by atoms with Crippen molar-refractivity contribution in [3.05, 3.63) is 107 Å². The molecule has 0 aliphatic rings. The Morgan fingerprint density at radius 3 is 2.28 bits per heavy atom. The minimum Gasteiger partial charge on any atom is -0.483 e. The van der Waals surface area contributed by atoms with Gasteiger partial charge in [0.15, 0.2) is 17.4 Å². The molecule has 0 atom stereocenters. The fourth-order valence-electron chi connectivity index (χ4n) is 4.95. The number of hydrogen-bond acceptors (Lipinski definition) is 7. The van der Waals surface area contributed by atoms with Crippen molar-refractivity contribution in [2.45, 2.75) is 25.9 Å². The van der Waals surface area contributed by atoms with Gasteiger partial charge < -0.3 is 19.6 Å². The van der Waals surface area contributed by atoms with Gasteiger partial charge in [0, 0.05) is 18.3 Å². The Labute approximate surface area is 255 Å². The number of nitrogens with one attached hydrogen (secondary N) is 2. The number of carbonyl (C=O) groups excluding carboxylic acids is 1. The molecular formula is C29H22F5N9O3. The van der Waals surface area contributed by atoms with Crippen molar-refractivity contribution in [3.8, 4) is 16.9 Å². The molecule has 0 bridgehead atoms. The van der Waals surface area contributed by atoms with Gasteiger partial charge in [0.1, 0.15) is 37.4 Å². The number of imidazole rings is 1. The average molecular weight is 640 g/mol. The predicted molar refractivity (Wildman–Crippen MR) is 152 cm³/mol. The first-order valence-electron chi connectivity index (χ1n) is 13.5. The van der Waals surface area contributed by atoms with Crippen molar-refractivity contribution in [2.24, 2.45) is 7.05 Å². The largest absolute Gasteiger partial charge is 0.483 e. The molecule has 0 saturated heterocycles. The van der Waals surface area contributed by atoms with E-state index in [-0.39, 0.29) is 52.6 Å². The summed E-state index contributed by atoms with van der Waals surface area (Å²) in [7, 11) is 1.33. The number of H-pyrrole nitrogens is 2. The maximum absolute atomic E-state index is 15.1. The highest BCUT2D eigenvalue weighted by Gasteiger charge is 2.33. The number of nitrogens with zero attached hydrogens (tertiary/aromatic N) is 7. The van der Waals surface area contributed by atoms with E-state index in [1.54, 1.807) is 0 Å². The van der Waals surface area contributed by atoms with Crippen LogP contribution in [0.5, 0.6) is 5.75 Å². The zero-order valence-corrected chi connectivity index (χ0v) is 23.7. The van der Waals surface area contributed by atoms with Crippen LogP contribution in [0.15, 0.2) is 72.0 Å². The van der Waals surface area contributed by atoms with Crippen LogP contribution in [0.2, 0.25) is 0 Å². The lowest BCUT2D eigenvalue weighted by molar-refractivity contribution is -0.137. The number of alkyl halides is 3. The van der Waals surface area contributed by atoms with Crippen LogP contribution < -0.4 is 15.3 Å². The second-order valence-electron chi connectivity index (χ2n) is 10.1. The Balaban J connectivity index is 1.42. The van der Waals surface area contributed by atoms with Crippen LogP contribution >= 0.6 is 0 Å². The number of amides is 1. The fourth-order valence-corrected chi connectivity index (χ4v) is 4.95. The van der Waals surface area contributed by atoms with Crippen molar-refractivity contribution in [2.75, 3.05) is 4.90 Å². The zero-order chi connectivity index (χ0) is 32.6. The lowest BCUT2D eigenvalue weighted by Gasteiger charge is -2.22. The summed E-state index contributed by atoms with van der Waals surface area (Å²) in [5.41, 5.74) is -1.93. The first kappa shape index (κ1) is 30.2. The highest BCUT2D eigenvalue weighted by Crippen LogP contribution is 2.38. The van der Waals surface area contributed by atoms with Crippen molar-refractivity contribution >= 4 is 22.6 Å². The average Bonchev–Trinajstić information content (AvgIpc) is 3.79. The molecule has 0 spiro atoms. The lowest BCUT2D eigenvalue weighted by Crippen LogP contribution is -2.36. The molecule has 3 heterocycles. The smallest absolute Gasteiger partial charge is 0.416 e. The van der Waals surface area contributed by atoms with E-state index in [0.717, 1.165) is 39.5 Å². The zero-order valence-electron chi connectivity index (χ0n) is 23.7. The Bertz CT molecular complexity index is 2070. The Morgan fingerprint density at radius 1 is 0.957 bits per heavy atom. The summed E-state index contributed by atoms with van der Waals surface area (Å²) in [6.45, 7) is -0.987. The number of benzene rings is 3. The van der Waals surface area contributed by atoms with Crippen molar-refractivity contribution in [1.29, 1.82) is 0 Å². The van der Waals surface area contributed by atoms with E-state index in [1.165, 1.54) is 48.9 Å². The van der Waals surface area contributed by atoms with E-state index in [9.17, 15) is 27.2 Å². The lowest BCUT2D eigenvalue weighted by atomic mass is 10.00. The van der Waals surface area contributed by atoms with E-state index in [2.05, 4.69) is 30.4 Å². The highest BCUT2D eigenvalue weighted by atomic mass is 19.4. The van der Waals surface area contributed by atoms with Gasteiger partial charge in [0.2, 0.25) is 5.91 Å². The number of carbonyl (C=O) groups is 1. The van der Waals surface area contributed by atoms with Gasteiger partial charge in [-0.25, -0.2) is 13.6 Å². The first-order chi connectivity index (χ1) is 22.0. The standard InChI is InChI=1S/C29H22F5N9O3/c1-41-27-20(16-2-7-23(21(31)8-16)46-13-25-36-15-38-40-25)9-17(29(32,33)34)10-22(27)43(28(41)45)12-26(44)42(11-24-35-14-37-39-24)19-5-3-18(30)4-6-19/h2-10,14-15H,11-13H2,1H3,(H,35,37,39)(H,36,38,40). The van der Waals surface area contributed by atoms with E-state index >= 15 is 4.39 Å². The van der Waals surface area contributed by atoms with Gasteiger partial charge in [-0.3, -0.25) is 13.9 Å². The Hall–Kier alpha value is -5.87. The molecule has 12 nitrogen and oxygen atoms in total. The monoisotopic (exact) mass is 639 g/mol. The maximum atomic E-state index is 15.1. The summed E-state index contributed by atoms with van der Waals surface area (Å²) in [5.74, 6) is -1.74. The van der Waals surface area contributed by atoms with E-state index in [0.29, 0.717) is 5.82 Å². The molecule has 2 N–H and O–H groups in total. The van der Waals surface area contributed by atoms with Gasteiger partial charge in [-0.15, -0.1) is 20.4 Å². The molecule has 6 rings (SSSR count). The molecule has 0 saturated carbocycles. The van der Waals surface area contributed by atoms with Crippen LogP contribution in [0.3, 0.4) is 0 Å². The van der Waals surface area contributed by atoms with Gasteiger partial charge in [0.05, 0.1) is 23.1 Å². The number of hydrogen-bond donors (Lipinski definition) is 2. The van der Waals surface area contributed by atoms with Crippen molar-refractivity contribution in [3.63, 3.8) is 0 Å². The van der Waals surface area contributed by atoms with Crippen LogP contribution in [0.1, 0.15) is 17.2 Å². The van der Waals surface area contributed by atoms with Crippen LogP contribution in [0, 0.1) is 11.6 Å². The summed E-state index contributed by atoms with van der Waals surface area (Å²) in [6, 6.07) is 10.1. The van der Waals surface area contributed by atoms with Gasteiger partial charge >= 0.3 is 11.9 Å². The minimum atomic E-state index is -4.85. The number of fused-ring (bicyclic) bond motifs is 1. The first-order valence-corrected chi connectivity index (χ1v) is 13.5. The van der Waals surface area contributed by atoms with Crippen LogP contribution in [-0.2, 0) is 37.7 Å². The molecule has 0 unspecified atom stereocenters. The summed E-state index contributed by atoms with van der Waals surface area (Å²) in [6.07, 6.45) is -2.25. The normalized spacial score (nSPS) is 11.7. The van der Waals surface area contributed by atoms with Crippen LogP contribution in [0.25, 0.3) is 22.2 Å². The summed E-state index contributed by atoms with van der Waals surface area (Å²) >= 11 is 0. The molecule has 1 amide bonds. The molecule has 0 aliphatic carbocycles. The molecule has 17 heteroatoms. The molecule has 46 heavy (non-hydrogen) atoms. The van der Waals surface area contributed by atoms with Gasteiger partial charge in [-0.05, 0) is 54.1 Å². The molecule has 0 radical (unpaired) electrons. The molecule has 6 aromatic rings. The number of halogens is 5. The van der Waals surface area contributed by atoms with Crippen molar-refractivity contribution in [1.82, 2.24) is 39.5 Å². The second kappa shape index (κ2) is 11.9. The van der Waals surface area contributed by atoms with Crippen LogP contribution in [-0.4, -0.2) is 45.4 Å². The van der Waals surface area contributed by atoms with Gasteiger partial charge in [-0.2, -0.15) is 13.2 Å².